The minimum atomic E-state index is -3.33. The number of hydrogen-bond donors (Lipinski definition) is 0. The maximum atomic E-state index is 12.1. The molecule has 5 heteroatoms. The fourth-order valence-corrected chi connectivity index (χ4v) is 3.66. The summed E-state index contributed by atoms with van der Waals surface area (Å²) in [6, 6.07) is 9.55. The first-order valence-corrected chi connectivity index (χ1v) is 9.99. The largest absolute Gasteiger partial charge is 0.488 e. The quantitative estimate of drug-likeness (QED) is 0.684. The lowest BCUT2D eigenvalue weighted by Crippen LogP contribution is -2.13. The van der Waals surface area contributed by atoms with E-state index in [1.807, 2.05) is 24.3 Å². The molecule has 25 heavy (non-hydrogen) atoms. The molecular formula is C20H16O4S. The fraction of sp³-hybridized carbons (Fsp3) is 0.250. The lowest BCUT2D eigenvalue weighted by Gasteiger charge is -2.24. The van der Waals surface area contributed by atoms with Crippen molar-refractivity contribution in [3.05, 3.63) is 52.6 Å². The van der Waals surface area contributed by atoms with Gasteiger partial charge in [-0.05, 0) is 53.8 Å². The zero-order chi connectivity index (χ0) is 17.6. The van der Waals surface area contributed by atoms with Gasteiger partial charge in [-0.15, -0.1) is 0 Å². The van der Waals surface area contributed by atoms with E-state index < -0.39 is 9.84 Å². The molecule has 0 aromatic heterocycles. The van der Waals surface area contributed by atoms with Crippen LogP contribution in [0.1, 0.15) is 39.9 Å². The molecule has 2 aromatic carbocycles. The number of rotatable bonds is 0. The third kappa shape index (κ3) is 3.06. The maximum Gasteiger partial charge on any atom is 0.214 e. The van der Waals surface area contributed by atoms with E-state index in [0.29, 0.717) is 18.6 Å². The molecule has 0 unspecified atom stereocenters. The van der Waals surface area contributed by atoms with E-state index in [4.69, 9.17) is 4.74 Å². The van der Waals surface area contributed by atoms with Gasteiger partial charge in [-0.1, -0.05) is 12.0 Å². The molecule has 0 fully saturated rings. The molecule has 0 saturated carbocycles. The minimum Gasteiger partial charge on any atom is -0.488 e. The Bertz CT molecular complexity index is 1070. The zero-order valence-corrected chi connectivity index (χ0v) is 14.6. The molecule has 2 aromatic rings. The number of benzene rings is 2. The number of ketones is 1. The molecule has 0 atom stereocenters. The molecule has 1 aliphatic heterocycles. The van der Waals surface area contributed by atoms with E-state index >= 15 is 0 Å². The van der Waals surface area contributed by atoms with Crippen LogP contribution in [0.2, 0.25) is 0 Å². The number of Topliss-reactive ketones (excluding diaryl/α,β-unsaturated/α-hetero) is 1. The van der Waals surface area contributed by atoms with Crippen molar-refractivity contribution in [2.24, 2.45) is 0 Å². The molecule has 1 aliphatic carbocycles. The summed E-state index contributed by atoms with van der Waals surface area (Å²) in [5.74, 6) is 3.59. The second-order valence-corrected chi connectivity index (χ2v) is 8.19. The van der Waals surface area contributed by atoms with Gasteiger partial charge in [-0.2, -0.15) is 0 Å². The minimum absolute atomic E-state index is 0.185. The summed E-state index contributed by atoms with van der Waals surface area (Å²) < 4.78 is 28.2. The number of hydrogen-bond acceptors (Lipinski definition) is 4. The van der Waals surface area contributed by atoms with Gasteiger partial charge in [0, 0.05) is 28.4 Å². The fourth-order valence-electron chi connectivity index (χ4n) is 3.36. The highest BCUT2D eigenvalue weighted by Gasteiger charge is 2.24. The predicted molar refractivity (Wildman–Crippen MR) is 95.2 cm³/mol. The van der Waals surface area contributed by atoms with Crippen LogP contribution in [0.3, 0.4) is 0 Å². The number of carbonyl (C=O) groups excluding carboxylic acids is 1. The van der Waals surface area contributed by atoms with Crippen LogP contribution in [0, 0.1) is 11.2 Å². The van der Waals surface area contributed by atoms with Crippen LogP contribution in [-0.4, -0.2) is 20.5 Å². The normalized spacial score (nSPS) is 15.2. The van der Waals surface area contributed by atoms with Crippen molar-refractivity contribution in [3.63, 3.8) is 0 Å². The van der Waals surface area contributed by atoms with E-state index in [-0.39, 0.29) is 5.78 Å². The van der Waals surface area contributed by atoms with Gasteiger partial charge in [0.15, 0.2) is 5.78 Å². The van der Waals surface area contributed by atoms with Gasteiger partial charge in [0.05, 0.1) is 6.26 Å². The van der Waals surface area contributed by atoms with Gasteiger partial charge in [-0.25, -0.2) is 8.42 Å². The van der Waals surface area contributed by atoms with Crippen LogP contribution >= 0.6 is 0 Å². The molecule has 0 amide bonds. The highest BCUT2D eigenvalue weighted by molar-refractivity contribution is 7.95. The number of fused-ring (bicyclic) bond motifs is 4. The Balaban J connectivity index is 1.79. The van der Waals surface area contributed by atoms with Crippen LogP contribution in [0.25, 0.3) is 11.1 Å². The summed E-state index contributed by atoms with van der Waals surface area (Å²) >= 11 is 0. The van der Waals surface area contributed by atoms with Crippen molar-refractivity contribution in [2.75, 3.05) is 6.26 Å². The number of aryl methyl sites for hydroxylation is 1. The zero-order valence-electron chi connectivity index (χ0n) is 13.8. The molecule has 2 aliphatic rings. The van der Waals surface area contributed by atoms with Gasteiger partial charge >= 0.3 is 0 Å². The molecule has 1 heterocycles. The third-order valence-corrected chi connectivity index (χ3v) is 4.99. The van der Waals surface area contributed by atoms with Crippen molar-refractivity contribution in [1.29, 1.82) is 0 Å². The van der Waals surface area contributed by atoms with Crippen molar-refractivity contribution < 1.29 is 17.9 Å². The summed E-state index contributed by atoms with van der Waals surface area (Å²) in [7, 11) is -3.33. The second-order valence-electron chi connectivity index (χ2n) is 6.44. The average Bonchev–Trinajstić information content (AvgIpc) is 2.58. The van der Waals surface area contributed by atoms with E-state index in [1.54, 1.807) is 0 Å². The van der Waals surface area contributed by atoms with E-state index in [0.717, 1.165) is 52.7 Å². The van der Waals surface area contributed by atoms with Gasteiger partial charge in [-0.3, -0.25) is 4.79 Å². The lowest BCUT2D eigenvalue weighted by atomic mass is 9.86. The van der Waals surface area contributed by atoms with Crippen LogP contribution in [0.15, 0.2) is 30.3 Å². The van der Waals surface area contributed by atoms with Gasteiger partial charge in [0.2, 0.25) is 9.84 Å². The van der Waals surface area contributed by atoms with E-state index in [9.17, 15) is 13.2 Å². The highest BCUT2D eigenvalue weighted by Crippen LogP contribution is 2.41. The van der Waals surface area contributed by atoms with Crippen LogP contribution in [-0.2, 0) is 22.9 Å². The van der Waals surface area contributed by atoms with Crippen LogP contribution in [0.4, 0.5) is 0 Å². The lowest BCUT2D eigenvalue weighted by molar-refractivity contribution is 0.0972. The van der Waals surface area contributed by atoms with Gasteiger partial charge < -0.3 is 4.74 Å². The highest BCUT2D eigenvalue weighted by atomic mass is 32.2. The Labute approximate surface area is 146 Å². The first-order chi connectivity index (χ1) is 11.9. The molecule has 4 nitrogen and oxygen atoms in total. The van der Waals surface area contributed by atoms with E-state index in [1.165, 1.54) is 0 Å². The SMILES string of the molecule is CS(=O)(=O)C#Cc1ccc2c(c1)COc1cc3c(cc1-2)CCCC3=O. The topological polar surface area (TPSA) is 60.4 Å². The summed E-state index contributed by atoms with van der Waals surface area (Å²) in [6.07, 6.45) is 3.48. The third-order valence-electron chi connectivity index (χ3n) is 4.52. The number of sulfone groups is 1. The predicted octanol–water partition coefficient (Wildman–Crippen LogP) is 3.12. The summed E-state index contributed by atoms with van der Waals surface area (Å²) in [5, 5.41) is 2.25. The molecular weight excluding hydrogens is 336 g/mol. The monoisotopic (exact) mass is 352 g/mol. The Morgan fingerprint density at radius 2 is 1.84 bits per heavy atom. The van der Waals surface area contributed by atoms with Crippen molar-refractivity contribution in [1.82, 2.24) is 0 Å². The molecule has 0 spiro atoms. The molecule has 0 saturated heterocycles. The smallest absolute Gasteiger partial charge is 0.214 e. The average molecular weight is 352 g/mol. The Morgan fingerprint density at radius 1 is 1.00 bits per heavy atom. The maximum absolute atomic E-state index is 12.1. The molecule has 126 valence electrons. The number of ether oxygens (including phenoxy) is 1. The molecule has 0 bridgehead atoms. The van der Waals surface area contributed by atoms with E-state index in [2.05, 4.69) is 17.2 Å². The standard InChI is InChI=1S/C20H16O4S/c1-25(22,23)8-7-13-5-6-16-15(9-13)12-24-20-11-17-14(10-18(16)20)3-2-4-19(17)21/h5-6,9-11H,2-4,12H2,1H3. The van der Waals surface area contributed by atoms with Gasteiger partial charge in [0.25, 0.3) is 0 Å². The van der Waals surface area contributed by atoms with Crippen molar-refractivity contribution in [2.45, 2.75) is 25.9 Å². The Kier molecular flexibility index (Phi) is 3.66. The Hall–Kier alpha value is -2.58. The molecule has 0 N–H and O–H groups in total. The summed E-state index contributed by atoms with van der Waals surface area (Å²) in [4.78, 5) is 12.1. The van der Waals surface area contributed by atoms with Crippen LogP contribution < -0.4 is 4.74 Å². The number of carbonyl (C=O) groups is 1. The second kappa shape index (κ2) is 5.75. The Morgan fingerprint density at radius 3 is 2.64 bits per heavy atom. The van der Waals surface area contributed by atoms with Crippen LogP contribution in [0.5, 0.6) is 5.75 Å². The van der Waals surface area contributed by atoms with Crippen molar-refractivity contribution >= 4 is 15.6 Å². The molecule has 0 radical (unpaired) electrons. The van der Waals surface area contributed by atoms with Gasteiger partial charge in [0.1, 0.15) is 12.4 Å². The van der Waals surface area contributed by atoms with Crippen molar-refractivity contribution in [3.8, 4) is 28.0 Å². The summed E-state index contributed by atoms with van der Waals surface area (Å²) in [5.41, 5.74) is 5.50. The summed E-state index contributed by atoms with van der Waals surface area (Å²) in [6.45, 7) is 0.379. The molecule has 4 rings (SSSR count). The first-order valence-electron chi connectivity index (χ1n) is 8.10. The first kappa shape index (κ1) is 15.9.